The fourth-order valence-electron chi connectivity index (χ4n) is 3.97. The second-order valence-electron chi connectivity index (χ2n) is 7.59. The number of aromatic nitrogens is 2. The molecule has 1 saturated heterocycles. The van der Waals surface area contributed by atoms with Crippen LogP contribution < -0.4 is 10.2 Å². The van der Waals surface area contributed by atoms with Gasteiger partial charge in [0.1, 0.15) is 5.82 Å². The molecule has 1 aliphatic heterocycles. The van der Waals surface area contributed by atoms with E-state index in [1.54, 1.807) is 6.08 Å². The van der Waals surface area contributed by atoms with Crippen LogP contribution in [0.5, 0.6) is 0 Å². The number of nitrogens with one attached hydrogen (secondary N) is 1. The van der Waals surface area contributed by atoms with Crippen molar-refractivity contribution in [2.75, 3.05) is 50.0 Å². The fraction of sp³-hybridized carbons (Fsp3) is 0.409. The number of carbonyl (C=O) groups is 1. The smallest absolute Gasteiger partial charge is 0.227 e. The number of rotatable bonds is 5. The van der Waals surface area contributed by atoms with Crippen molar-refractivity contribution < 1.29 is 4.79 Å². The summed E-state index contributed by atoms with van der Waals surface area (Å²) < 4.78 is 0. The monoisotopic (exact) mass is 377 g/mol. The predicted molar refractivity (Wildman–Crippen MR) is 112 cm³/mol. The van der Waals surface area contributed by atoms with Crippen molar-refractivity contribution in [3.8, 4) is 0 Å². The molecule has 2 aromatic rings. The maximum absolute atomic E-state index is 13.0. The maximum atomic E-state index is 13.0. The molecule has 146 valence electrons. The van der Waals surface area contributed by atoms with Crippen LogP contribution in [0.15, 0.2) is 43.0 Å². The minimum absolute atomic E-state index is 0.117. The third-order valence-corrected chi connectivity index (χ3v) is 5.59. The highest BCUT2D eigenvalue weighted by Gasteiger charge is 2.32. The van der Waals surface area contributed by atoms with E-state index in [9.17, 15) is 4.79 Å². The molecule has 1 aliphatic carbocycles. The molecule has 0 spiro atoms. The van der Waals surface area contributed by atoms with Gasteiger partial charge in [0, 0.05) is 39.1 Å². The average Bonchev–Trinajstić information content (AvgIpc) is 2.72. The van der Waals surface area contributed by atoms with E-state index in [-0.39, 0.29) is 11.7 Å². The summed E-state index contributed by atoms with van der Waals surface area (Å²) in [5.74, 6) is 1.66. The average molecular weight is 377 g/mol. The second-order valence-corrected chi connectivity index (χ2v) is 7.59. The zero-order chi connectivity index (χ0) is 19.5. The highest BCUT2D eigenvalue weighted by Crippen LogP contribution is 2.35. The third kappa shape index (κ3) is 3.78. The summed E-state index contributed by atoms with van der Waals surface area (Å²) in [5.41, 5.74) is 2.72. The van der Waals surface area contributed by atoms with Gasteiger partial charge in [-0.25, -0.2) is 4.98 Å². The normalized spacial score (nSPS) is 20.0. The van der Waals surface area contributed by atoms with Crippen molar-refractivity contribution in [1.82, 2.24) is 14.9 Å². The van der Waals surface area contributed by atoms with E-state index in [2.05, 4.69) is 40.9 Å². The van der Waals surface area contributed by atoms with Crippen molar-refractivity contribution in [2.24, 2.45) is 0 Å². The minimum atomic E-state index is 0.117. The molecule has 2 aliphatic rings. The van der Waals surface area contributed by atoms with Crippen LogP contribution >= 0.6 is 0 Å². The first-order valence-corrected chi connectivity index (χ1v) is 9.93. The number of hydrogen-bond acceptors (Lipinski definition) is 6. The van der Waals surface area contributed by atoms with E-state index >= 15 is 0 Å². The van der Waals surface area contributed by atoms with Crippen molar-refractivity contribution in [2.45, 2.75) is 18.8 Å². The summed E-state index contributed by atoms with van der Waals surface area (Å²) in [7, 11) is 2.13. The van der Waals surface area contributed by atoms with Crippen LogP contribution in [0.1, 0.15) is 34.0 Å². The lowest BCUT2D eigenvalue weighted by molar-refractivity contribution is 0.0963. The third-order valence-electron chi connectivity index (χ3n) is 5.59. The SMILES string of the molecule is C=CCNc1nc(N2CCN(C)CC2)nc2c1C(=O)CC(c1ccccc1)C2. The molecule has 0 amide bonds. The molecule has 1 unspecified atom stereocenters. The number of hydrogen-bond donors (Lipinski definition) is 1. The molecule has 2 heterocycles. The van der Waals surface area contributed by atoms with Gasteiger partial charge in [0.25, 0.3) is 0 Å². The van der Waals surface area contributed by atoms with Crippen LogP contribution in [0, 0.1) is 0 Å². The number of carbonyl (C=O) groups excluding carboxylic acids is 1. The van der Waals surface area contributed by atoms with E-state index in [1.807, 2.05) is 18.2 Å². The van der Waals surface area contributed by atoms with Gasteiger partial charge in [-0.1, -0.05) is 36.4 Å². The lowest BCUT2D eigenvalue weighted by Crippen LogP contribution is -2.45. The molecule has 1 fully saturated rings. The predicted octanol–water partition coefficient (Wildman–Crippen LogP) is 2.74. The summed E-state index contributed by atoms with van der Waals surface area (Å²) >= 11 is 0. The summed E-state index contributed by atoms with van der Waals surface area (Å²) in [4.78, 5) is 27.1. The molecule has 4 rings (SSSR count). The molecule has 1 aromatic carbocycles. The first-order chi connectivity index (χ1) is 13.7. The van der Waals surface area contributed by atoms with Gasteiger partial charge in [-0.3, -0.25) is 4.79 Å². The van der Waals surface area contributed by atoms with E-state index in [0.717, 1.165) is 44.2 Å². The molecule has 0 radical (unpaired) electrons. The maximum Gasteiger partial charge on any atom is 0.227 e. The van der Waals surface area contributed by atoms with E-state index < -0.39 is 0 Å². The molecule has 0 saturated carbocycles. The van der Waals surface area contributed by atoms with Gasteiger partial charge in [-0.15, -0.1) is 6.58 Å². The highest BCUT2D eigenvalue weighted by molar-refractivity contribution is 6.03. The molecule has 1 aromatic heterocycles. The number of fused-ring (bicyclic) bond motifs is 1. The minimum Gasteiger partial charge on any atom is -0.366 e. The van der Waals surface area contributed by atoms with Crippen LogP contribution in [0.3, 0.4) is 0 Å². The van der Waals surface area contributed by atoms with Gasteiger partial charge < -0.3 is 15.1 Å². The first-order valence-electron chi connectivity index (χ1n) is 9.93. The van der Waals surface area contributed by atoms with Crippen molar-refractivity contribution in [3.63, 3.8) is 0 Å². The van der Waals surface area contributed by atoms with E-state index in [1.165, 1.54) is 5.56 Å². The fourth-order valence-corrected chi connectivity index (χ4v) is 3.97. The van der Waals surface area contributed by atoms with Crippen LogP contribution in [-0.4, -0.2) is 60.4 Å². The van der Waals surface area contributed by atoms with Crippen LogP contribution in [-0.2, 0) is 6.42 Å². The zero-order valence-corrected chi connectivity index (χ0v) is 16.4. The lowest BCUT2D eigenvalue weighted by atomic mass is 9.82. The van der Waals surface area contributed by atoms with Gasteiger partial charge in [-0.05, 0) is 24.9 Å². The van der Waals surface area contributed by atoms with Gasteiger partial charge >= 0.3 is 0 Å². The summed E-state index contributed by atoms with van der Waals surface area (Å²) in [5, 5.41) is 3.27. The van der Waals surface area contributed by atoms with Crippen LogP contribution in [0.2, 0.25) is 0 Å². The Hall–Kier alpha value is -2.73. The number of likely N-dealkylation sites (N-methyl/N-ethyl adjacent to an activating group) is 1. The Morgan fingerprint density at radius 3 is 2.61 bits per heavy atom. The molecule has 1 atom stereocenters. The van der Waals surface area contributed by atoms with Crippen molar-refractivity contribution in [1.29, 1.82) is 0 Å². The quantitative estimate of drug-likeness (QED) is 0.809. The number of Topliss-reactive ketones (excluding diaryl/α,β-unsaturated/α-hetero) is 1. The number of benzene rings is 1. The van der Waals surface area contributed by atoms with Crippen LogP contribution in [0.25, 0.3) is 0 Å². The van der Waals surface area contributed by atoms with Gasteiger partial charge in [0.2, 0.25) is 5.95 Å². The summed E-state index contributed by atoms with van der Waals surface area (Å²) in [6, 6.07) is 10.3. The first kappa shape index (κ1) is 18.6. The lowest BCUT2D eigenvalue weighted by Gasteiger charge is -2.33. The molecule has 28 heavy (non-hydrogen) atoms. The zero-order valence-electron chi connectivity index (χ0n) is 16.4. The van der Waals surface area contributed by atoms with Crippen molar-refractivity contribution >= 4 is 17.5 Å². The standard InChI is InChI=1S/C22H27N5O/c1-3-9-23-21-20-18(24-22(25-21)27-12-10-26(2)11-13-27)14-17(15-19(20)28)16-7-5-4-6-8-16/h3-8,17H,1,9-15H2,2H3,(H,23,24,25). The Kier molecular flexibility index (Phi) is 5.39. The largest absolute Gasteiger partial charge is 0.366 e. The molecular formula is C22H27N5O. The highest BCUT2D eigenvalue weighted by atomic mass is 16.1. The molecular weight excluding hydrogens is 350 g/mol. The Morgan fingerprint density at radius 2 is 1.89 bits per heavy atom. The van der Waals surface area contributed by atoms with Gasteiger partial charge in [-0.2, -0.15) is 4.98 Å². The summed E-state index contributed by atoms with van der Waals surface area (Å²) in [6.07, 6.45) is 3.04. The molecule has 6 nitrogen and oxygen atoms in total. The Balaban J connectivity index is 1.70. The van der Waals surface area contributed by atoms with Gasteiger partial charge in [0.15, 0.2) is 5.78 Å². The van der Waals surface area contributed by atoms with Crippen LogP contribution in [0.4, 0.5) is 11.8 Å². The van der Waals surface area contributed by atoms with Crippen molar-refractivity contribution in [3.05, 3.63) is 59.8 Å². The van der Waals surface area contributed by atoms with E-state index in [0.29, 0.717) is 24.3 Å². The second kappa shape index (κ2) is 8.10. The number of piperazine rings is 1. The molecule has 6 heteroatoms. The Bertz CT molecular complexity index is 859. The number of anilines is 2. The molecule has 0 bridgehead atoms. The van der Waals surface area contributed by atoms with Gasteiger partial charge in [0.05, 0.1) is 11.3 Å². The Labute approximate surface area is 166 Å². The number of nitrogens with zero attached hydrogens (tertiary/aromatic N) is 4. The molecule has 1 N–H and O–H groups in total. The number of ketones is 1. The topological polar surface area (TPSA) is 61.4 Å². The van der Waals surface area contributed by atoms with E-state index in [4.69, 9.17) is 9.97 Å². The Morgan fingerprint density at radius 1 is 1.14 bits per heavy atom. The summed E-state index contributed by atoms with van der Waals surface area (Å²) in [6.45, 7) is 8.11.